The summed E-state index contributed by atoms with van der Waals surface area (Å²) >= 11 is 12.1. The number of anilines is 1. The topological polar surface area (TPSA) is 117 Å². The number of nitrogens with zero attached hydrogens (tertiary/aromatic N) is 2. The Labute approximate surface area is 165 Å². The summed E-state index contributed by atoms with van der Waals surface area (Å²) in [7, 11) is 0. The maximum Gasteiger partial charge on any atom is 0.254 e. The summed E-state index contributed by atoms with van der Waals surface area (Å²) < 4.78 is 13.3. The number of benzene rings is 1. The van der Waals surface area contributed by atoms with E-state index < -0.39 is 12.0 Å². The third kappa shape index (κ3) is 3.40. The summed E-state index contributed by atoms with van der Waals surface area (Å²) in [6, 6.07) is 3.41. The van der Waals surface area contributed by atoms with E-state index in [1.807, 2.05) is 0 Å². The minimum Gasteiger partial charge on any atom is -0.485 e. The summed E-state index contributed by atoms with van der Waals surface area (Å²) in [6.45, 7) is 1.65. The van der Waals surface area contributed by atoms with Crippen molar-refractivity contribution in [2.24, 2.45) is 5.73 Å². The van der Waals surface area contributed by atoms with Crippen molar-refractivity contribution in [3.63, 3.8) is 0 Å². The van der Waals surface area contributed by atoms with Crippen LogP contribution >= 0.6 is 23.2 Å². The second-order valence-corrected chi connectivity index (χ2v) is 7.43. The number of hydrogen-bond donors (Lipinski definition) is 3. The highest BCUT2D eigenvalue weighted by Gasteiger charge is 2.32. The average molecular weight is 412 g/mol. The Balaban J connectivity index is 1.66. The molecule has 5 N–H and O–H groups in total. The summed E-state index contributed by atoms with van der Waals surface area (Å²) in [5.41, 5.74) is 12.2. The minimum atomic E-state index is -0.656. The van der Waals surface area contributed by atoms with Gasteiger partial charge < -0.3 is 26.3 Å². The Morgan fingerprint density at radius 3 is 2.74 bits per heavy atom. The number of fused-ring (bicyclic) bond motifs is 1. The van der Waals surface area contributed by atoms with E-state index in [-0.39, 0.29) is 24.0 Å². The molecule has 4 rings (SSSR count). The summed E-state index contributed by atoms with van der Waals surface area (Å²) in [4.78, 5) is 12.0. The fourth-order valence-corrected chi connectivity index (χ4v) is 3.74. The number of halogens is 2. The largest absolute Gasteiger partial charge is 0.485 e. The number of rotatable bonds is 4. The molecule has 0 saturated carbocycles. The smallest absolute Gasteiger partial charge is 0.254 e. The first-order valence-corrected chi connectivity index (χ1v) is 9.37. The molecule has 1 fully saturated rings. The minimum absolute atomic E-state index is 0.142. The lowest BCUT2D eigenvalue weighted by atomic mass is 10.1. The monoisotopic (exact) mass is 411 g/mol. The quantitative estimate of drug-likeness (QED) is 0.708. The van der Waals surface area contributed by atoms with Crippen LogP contribution in [0.1, 0.15) is 35.0 Å². The molecule has 144 valence electrons. The molecule has 0 radical (unpaired) electrons. The van der Waals surface area contributed by atoms with Gasteiger partial charge in [0.15, 0.2) is 17.6 Å². The fourth-order valence-electron chi connectivity index (χ4n) is 3.44. The number of amides is 1. The zero-order valence-electron chi connectivity index (χ0n) is 14.4. The second kappa shape index (κ2) is 7.10. The van der Waals surface area contributed by atoms with E-state index in [4.69, 9.17) is 44.1 Å². The third-order valence-corrected chi connectivity index (χ3v) is 5.49. The van der Waals surface area contributed by atoms with Crippen LogP contribution in [-0.4, -0.2) is 34.9 Å². The molecule has 2 aliphatic rings. The molecular formula is C17H19Cl2N5O3. The van der Waals surface area contributed by atoms with Crippen LogP contribution < -0.4 is 26.3 Å². The Morgan fingerprint density at radius 1 is 1.33 bits per heavy atom. The molecule has 0 bridgehead atoms. The standard InChI is InChI=1S/C17H19Cl2N5O3/c18-9-4-11-12(5-10(9)19)27-13(7-26-11)15-14(17(21)25)16(20)24(23-15)6-8-2-1-3-22-8/h4-5,8,13,22H,1-3,6-7,20H2,(H2,21,25)/t8-,13?/m0/s1. The maximum atomic E-state index is 12.0. The number of carbonyl (C=O) groups is 1. The summed E-state index contributed by atoms with van der Waals surface area (Å²) in [6.07, 6.45) is 1.48. The Hall–Kier alpha value is -2.16. The lowest BCUT2D eigenvalue weighted by Gasteiger charge is -2.26. The van der Waals surface area contributed by atoms with Gasteiger partial charge in [-0.15, -0.1) is 0 Å². The molecule has 2 aliphatic heterocycles. The molecule has 3 heterocycles. The number of carbonyl (C=O) groups excluding carboxylic acids is 1. The Bertz CT molecular complexity index is 895. The van der Waals surface area contributed by atoms with Gasteiger partial charge in [0.05, 0.1) is 16.6 Å². The van der Waals surface area contributed by atoms with Crippen LogP contribution in [0.15, 0.2) is 12.1 Å². The van der Waals surface area contributed by atoms with E-state index in [1.165, 1.54) is 0 Å². The van der Waals surface area contributed by atoms with Gasteiger partial charge >= 0.3 is 0 Å². The number of nitrogens with two attached hydrogens (primary N) is 2. The molecule has 8 nitrogen and oxygen atoms in total. The van der Waals surface area contributed by atoms with Crippen molar-refractivity contribution in [3.05, 3.63) is 33.4 Å². The van der Waals surface area contributed by atoms with Gasteiger partial charge in [0.1, 0.15) is 23.7 Å². The molecule has 0 aliphatic carbocycles. The van der Waals surface area contributed by atoms with E-state index in [0.29, 0.717) is 33.8 Å². The summed E-state index contributed by atoms with van der Waals surface area (Å²) in [5, 5.41) is 8.60. The van der Waals surface area contributed by atoms with Crippen LogP contribution in [0.2, 0.25) is 10.0 Å². The first-order chi connectivity index (χ1) is 12.9. The van der Waals surface area contributed by atoms with Crippen molar-refractivity contribution >= 4 is 34.9 Å². The molecule has 2 aromatic rings. The Kier molecular flexibility index (Phi) is 4.79. The number of hydrogen-bond acceptors (Lipinski definition) is 6. The van der Waals surface area contributed by atoms with Gasteiger partial charge in [-0.1, -0.05) is 23.2 Å². The SMILES string of the molecule is NC(=O)c1c(C2COc3cc(Cl)c(Cl)cc3O2)nn(C[C@@H]2CCCN2)c1N. The van der Waals surface area contributed by atoms with E-state index in [0.717, 1.165) is 19.4 Å². The molecule has 1 saturated heterocycles. The van der Waals surface area contributed by atoms with Gasteiger partial charge in [-0.05, 0) is 19.4 Å². The van der Waals surface area contributed by atoms with Crippen molar-refractivity contribution in [1.82, 2.24) is 15.1 Å². The average Bonchev–Trinajstić information content (AvgIpc) is 3.24. The number of nitrogen functional groups attached to an aromatic ring is 1. The van der Waals surface area contributed by atoms with Gasteiger partial charge in [-0.3, -0.25) is 4.79 Å². The highest BCUT2D eigenvalue weighted by atomic mass is 35.5. The van der Waals surface area contributed by atoms with Crippen LogP contribution in [0, 0.1) is 0 Å². The zero-order chi connectivity index (χ0) is 19.1. The molecule has 1 unspecified atom stereocenters. The zero-order valence-corrected chi connectivity index (χ0v) is 15.9. The number of nitrogens with one attached hydrogen (secondary N) is 1. The molecule has 10 heteroatoms. The van der Waals surface area contributed by atoms with Crippen molar-refractivity contribution in [2.45, 2.75) is 31.5 Å². The van der Waals surface area contributed by atoms with Crippen molar-refractivity contribution < 1.29 is 14.3 Å². The molecular weight excluding hydrogens is 393 g/mol. The predicted molar refractivity (Wildman–Crippen MR) is 102 cm³/mol. The molecule has 27 heavy (non-hydrogen) atoms. The van der Waals surface area contributed by atoms with Gasteiger partial charge in [-0.25, -0.2) is 4.68 Å². The normalized spacial score (nSPS) is 21.4. The highest BCUT2D eigenvalue weighted by molar-refractivity contribution is 6.42. The van der Waals surface area contributed by atoms with E-state index in [9.17, 15) is 4.79 Å². The van der Waals surface area contributed by atoms with Crippen molar-refractivity contribution in [1.29, 1.82) is 0 Å². The molecule has 1 aromatic heterocycles. The molecule has 1 amide bonds. The van der Waals surface area contributed by atoms with E-state index in [1.54, 1.807) is 16.8 Å². The van der Waals surface area contributed by atoms with Gasteiger partial charge in [0.25, 0.3) is 5.91 Å². The van der Waals surface area contributed by atoms with Crippen LogP contribution in [0.4, 0.5) is 5.82 Å². The second-order valence-electron chi connectivity index (χ2n) is 6.62. The van der Waals surface area contributed by atoms with Crippen molar-refractivity contribution in [3.8, 4) is 11.5 Å². The van der Waals surface area contributed by atoms with E-state index in [2.05, 4.69) is 10.4 Å². The first kappa shape index (κ1) is 18.2. The molecule has 1 aromatic carbocycles. The predicted octanol–water partition coefficient (Wildman–Crippen LogP) is 2.14. The van der Waals surface area contributed by atoms with Gasteiger partial charge in [0.2, 0.25) is 0 Å². The van der Waals surface area contributed by atoms with Gasteiger partial charge in [0, 0.05) is 18.2 Å². The molecule has 2 atom stereocenters. The third-order valence-electron chi connectivity index (χ3n) is 4.77. The highest BCUT2D eigenvalue weighted by Crippen LogP contribution is 2.42. The van der Waals surface area contributed by atoms with Crippen LogP contribution in [0.3, 0.4) is 0 Å². The van der Waals surface area contributed by atoms with Crippen LogP contribution in [0.25, 0.3) is 0 Å². The first-order valence-electron chi connectivity index (χ1n) is 8.62. The molecule has 0 spiro atoms. The number of ether oxygens (including phenoxy) is 2. The number of primary amides is 1. The lowest BCUT2D eigenvalue weighted by Crippen LogP contribution is -2.28. The van der Waals surface area contributed by atoms with Crippen molar-refractivity contribution in [2.75, 3.05) is 18.9 Å². The maximum absolute atomic E-state index is 12.0. The van der Waals surface area contributed by atoms with E-state index >= 15 is 0 Å². The van der Waals surface area contributed by atoms with Crippen LogP contribution in [-0.2, 0) is 6.54 Å². The Morgan fingerprint density at radius 2 is 2.07 bits per heavy atom. The van der Waals surface area contributed by atoms with Crippen LogP contribution in [0.5, 0.6) is 11.5 Å². The summed E-state index contributed by atoms with van der Waals surface area (Å²) in [5.74, 6) is 0.469. The number of aromatic nitrogens is 2. The lowest BCUT2D eigenvalue weighted by molar-refractivity contribution is 0.0851. The fraction of sp³-hybridized carbons (Fsp3) is 0.412. The van der Waals surface area contributed by atoms with Gasteiger partial charge in [-0.2, -0.15) is 5.10 Å².